The van der Waals surface area contributed by atoms with Gasteiger partial charge in [-0.3, -0.25) is 4.79 Å². The molecule has 0 aliphatic rings. The van der Waals surface area contributed by atoms with Crippen molar-refractivity contribution in [2.24, 2.45) is 5.92 Å². The number of ether oxygens (including phenoxy) is 1. The summed E-state index contributed by atoms with van der Waals surface area (Å²) in [6.45, 7) is 3.90. The largest absolute Gasteiger partial charge is 0.399 e. The molecular formula is C19H24N2O2. The van der Waals surface area contributed by atoms with Crippen LogP contribution in [0.5, 0.6) is 0 Å². The van der Waals surface area contributed by atoms with E-state index in [2.05, 4.69) is 12.2 Å². The summed E-state index contributed by atoms with van der Waals surface area (Å²) in [6, 6.07) is 17.4. The monoisotopic (exact) mass is 312 g/mol. The van der Waals surface area contributed by atoms with Gasteiger partial charge in [0, 0.05) is 12.2 Å². The first kappa shape index (κ1) is 17.0. The minimum absolute atomic E-state index is 0.0182. The highest BCUT2D eigenvalue weighted by Gasteiger charge is 2.07. The zero-order chi connectivity index (χ0) is 16.5. The zero-order valence-electron chi connectivity index (χ0n) is 13.5. The maximum Gasteiger partial charge on any atom is 0.224 e. The number of hydrogen-bond acceptors (Lipinski definition) is 3. The zero-order valence-corrected chi connectivity index (χ0v) is 13.5. The van der Waals surface area contributed by atoms with Gasteiger partial charge >= 0.3 is 0 Å². The molecule has 2 rings (SSSR count). The lowest BCUT2D eigenvalue weighted by atomic mass is 10.1. The summed E-state index contributed by atoms with van der Waals surface area (Å²) < 4.78 is 5.68. The van der Waals surface area contributed by atoms with Gasteiger partial charge in [0.25, 0.3) is 0 Å². The summed E-state index contributed by atoms with van der Waals surface area (Å²) in [5.74, 6) is 0.291. The predicted molar refractivity (Wildman–Crippen MR) is 92.8 cm³/mol. The molecule has 0 spiro atoms. The van der Waals surface area contributed by atoms with E-state index in [-0.39, 0.29) is 11.8 Å². The molecule has 0 bridgehead atoms. The van der Waals surface area contributed by atoms with Crippen LogP contribution >= 0.6 is 0 Å². The van der Waals surface area contributed by atoms with E-state index in [4.69, 9.17) is 10.5 Å². The van der Waals surface area contributed by atoms with Crippen LogP contribution in [0.25, 0.3) is 0 Å². The third-order valence-corrected chi connectivity index (χ3v) is 3.51. The average Bonchev–Trinajstić information content (AvgIpc) is 2.56. The van der Waals surface area contributed by atoms with Gasteiger partial charge < -0.3 is 15.8 Å². The third kappa shape index (κ3) is 6.53. The van der Waals surface area contributed by atoms with Gasteiger partial charge in [0.1, 0.15) is 0 Å². The summed E-state index contributed by atoms with van der Waals surface area (Å²) in [7, 11) is 0. The van der Waals surface area contributed by atoms with Crippen LogP contribution in [0.15, 0.2) is 54.6 Å². The molecule has 1 unspecified atom stereocenters. The number of carbonyl (C=O) groups is 1. The highest BCUT2D eigenvalue weighted by Crippen LogP contribution is 2.06. The van der Waals surface area contributed by atoms with Gasteiger partial charge in [0.2, 0.25) is 5.91 Å². The van der Waals surface area contributed by atoms with E-state index in [1.165, 1.54) is 0 Å². The number of nitrogens with two attached hydrogens (primary N) is 1. The minimum Gasteiger partial charge on any atom is -0.399 e. The number of rotatable bonds is 8. The molecule has 2 aromatic rings. The fourth-order valence-corrected chi connectivity index (χ4v) is 2.18. The normalized spacial score (nSPS) is 11.9. The van der Waals surface area contributed by atoms with Crippen LogP contribution < -0.4 is 11.1 Å². The Balaban J connectivity index is 1.62. The SMILES string of the molecule is CC(CNC(=O)Cc1ccc(N)cc1)COCc1ccccc1. The summed E-state index contributed by atoms with van der Waals surface area (Å²) in [5.41, 5.74) is 8.46. The predicted octanol–water partition coefficient (Wildman–Crippen LogP) is 2.78. The van der Waals surface area contributed by atoms with Crippen molar-refractivity contribution < 1.29 is 9.53 Å². The number of benzene rings is 2. The molecule has 122 valence electrons. The summed E-state index contributed by atoms with van der Waals surface area (Å²) in [6.07, 6.45) is 0.373. The molecule has 0 aliphatic carbocycles. The number of nitrogen functional groups attached to an aromatic ring is 1. The van der Waals surface area contributed by atoms with E-state index < -0.39 is 0 Å². The van der Waals surface area contributed by atoms with Crippen molar-refractivity contribution in [3.05, 3.63) is 65.7 Å². The number of amides is 1. The second-order valence-corrected chi connectivity index (χ2v) is 5.83. The fraction of sp³-hybridized carbons (Fsp3) is 0.316. The van der Waals surface area contributed by atoms with Gasteiger partial charge in [-0.1, -0.05) is 49.4 Å². The van der Waals surface area contributed by atoms with E-state index in [9.17, 15) is 4.79 Å². The van der Waals surface area contributed by atoms with Crippen LogP contribution in [0.2, 0.25) is 0 Å². The van der Waals surface area contributed by atoms with Crippen molar-refractivity contribution >= 4 is 11.6 Å². The molecule has 0 aliphatic heterocycles. The second-order valence-electron chi connectivity index (χ2n) is 5.83. The van der Waals surface area contributed by atoms with Crippen LogP contribution in [0, 0.1) is 5.92 Å². The first-order chi connectivity index (χ1) is 11.1. The first-order valence-electron chi connectivity index (χ1n) is 7.86. The van der Waals surface area contributed by atoms with Crippen molar-refractivity contribution in [2.75, 3.05) is 18.9 Å². The van der Waals surface area contributed by atoms with Gasteiger partial charge in [-0.2, -0.15) is 0 Å². The third-order valence-electron chi connectivity index (χ3n) is 3.51. The highest BCUT2D eigenvalue weighted by atomic mass is 16.5. The number of hydrogen-bond donors (Lipinski definition) is 2. The molecule has 1 atom stereocenters. The van der Waals surface area contributed by atoms with Gasteiger partial charge in [0.05, 0.1) is 19.6 Å². The lowest BCUT2D eigenvalue weighted by molar-refractivity contribution is -0.120. The minimum atomic E-state index is 0.0182. The Kier molecular flexibility index (Phi) is 6.63. The summed E-state index contributed by atoms with van der Waals surface area (Å²) >= 11 is 0. The maximum atomic E-state index is 11.9. The van der Waals surface area contributed by atoms with Gasteiger partial charge in [-0.15, -0.1) is 0 Å². The summed E-state index contributed by atoms with van der Waals surface area (Å²) in [4.78, 5) is 11.9. The molecule has 4 heteroatoms. The molecule has 0 radical (unpaired) electrons. The fourth-order valence-electron chi connectivity index (χ4n) is 2.18. The Labute approximate surface area is 137 Å². The molecule has 23 heavy (non-hydrogen) atoms. The maximum absolute atomic E-state index is 11.9. The van der Waals surface area contributed by atoms with E-state index in [0.717, 1.165) is 11.1 Å². The lowest BCUT2D eigenvalue weighted by Crippen LogP contribution is -2.31. The lowest BCUT2D eigenvalue weighted by Gasteiger charge is -2.13. The Bertz CT molecular complexity index is 597. The van der Waals surface area contributed by atoms with Crippen molar-refractivity contribution in [1.82, 2.24) is 5.32 Å². The molecule has 2 aromatic carbocycles. The number of nitrogens with one attached hydrogen (secondary N) is 1. The molecule has 0 aromatic heterocycles. The summed E-state index contributed by atoms with van der Waals surface area (Å²) in [5, 5.41) is 2.94. The molecule has 0 fully saturated rings. The highest BCUT2D eigenvalue weighted by molar-refractivity contribution is 5.78. The van der Waals surface area contributed by atoms with Gasteiger partial charge in [0.15, 0.2) is 0 Å². The van der Waals surface area contributed by atoms with Crippen molar-refractivity contribution in [3.63, 3.8) is 0 Å². The Morgan fingerprint density at radius 1 is 1.09 bits per heavy atom. The van der Waals surface area contributed by atoms with Gasteiger partial charge in [-0.05, 0) is 29.2 Å². The Morgan fingerprint density at radius 2 is 1.78 bits per heavy atom. The Hall–Kier alpha value is -2.33. The molecule has 0 saturated heterocycles. The topological polar surface area (TPSA) is 64.4 Å². The Morgan fingerprint density at radius 3 is 2.48 bits per heavy atom. The molecule has 0 heterocycles. The van der Waals surface area contributed by atoms with Crippen molar-refractivity contribution in [3.8, 4) is 0 Å². The van der Waals surface area contributed by atoms with Crippen LogP contribution in [0.4, 0.5) is 5.69 Å². The molecule has 4 nitrogen and oxygen atoms in total. The smallest absolute Gasteiger partial charge is 0.224 e. The van der Waals surface area contributed by atoms with E-state index in [1.807, 2.05) is 54.6 Å². The van der Waals surface area contributed by atoms with Crippen LogP contribution in [-0.2, 0) is 22.6 Å². The van der Waals surface area contributed by atoms with Crippen molar-refractivity contribution in [1.29, 1.82) is 0 Å². The number of carbonyl (C=O) groups excluding carboxylic acids is 1. The van der Waals surface area contributed by atoms with E-state index in [1.54, 1.807) is 0 Å². The average molecular weight is 312 g/mol. The van der Waals surface area contributed by atoms with E-state index >= 15 is 0 Å². The van der Waals surface area contributed by atoms with Gasteiger partial charge in [-0.25, -0.2) is 0 Å². The van der Waals surface area contributed by atoms with Crippen molar-refractivity contribution in [2.45, 2.75) is 20.0 Å². The van der Waals surface area contributed by atoms with E-state index in [0.29, 0.717) is 31.9 Å². The molecule has 0 saturated carbocycles. The number of anilines is 1. The molecule has 1 amide bonds. The molecular weight excluding hydrogens is 288 g/mol. The first-order valence-corrected chi connectivity index (χ1v) is 7.86. The molecule has 3 N–H and O–H groups in total. The second kappa shape index (κ2) is 8.96. The van der Waals surface area contributed by atoms with Crippen LogP contribution in [0.1, 0.15) is 18.1 Å². The standard InChI is InChI=1S/C19H24N2O2/c1-15(13-23-14-17-5-3-2-4-6-17)12-21-19(22)11-16-7-9-18(20)10-8-16/h2-10,15H,11-14,20H2,1H3,(H,21,22). The van der Waals surface area contributed by atoms with Crippen LogP contribution in [-0.4, -0.2) is 19.1 Å². The quantitative estimate of drug-likeness (QED) is 0.737. The van der Waals surface area contributed by atoms with Crippen LogP contribution in [0.3, 0.4) is 0 Å².